The van der Waals surface area contributed by atoms with Gasteiger partial charge in [0.1, 0.15) is 0 Å². The van der Waals surface area contributed by atoms with Crippen molar-refractivity contribution in [3.8, 4) is 0 Å². The van der Waals surface area contributed by atoms with Crippen molar-refractivity contribution in [3.05, 3.63) is 22.9 Å². The summed E-state index contributed by atoms with van der Waals surface area (Å²) in [7, 11) is 0. The highest BCUT2D eigenvalue weighted by molar-refractivity contribution is 9.10. The highest BCUT2D eigenvalue weighted by Gasteiger charge is 2.40. The van der Waals surface area contributed by atoms with Crippen LogP contribution in [0.25, 0.3) is 0 Å². The average Bonchev–Trinajstić information content (AvgIpc) is 2.81. The molecular formula is C13H18BrN3O. The Hall–Kier alpha value is -0.810. The first-order valence-electron chi connectivity index (χ1n) is 6.53. The first-order chi connectivity index (χ1) is 8.65. The fourth-order valence-corrected chi connectivity index (χ4v) is 3.60. The Kier molecular flexibility index (Phi) is 3.20. The number of hydrogen-bond acceptors (Lipinski definition) is 2. The number of aromatic nitrogens is 1. The molecule has 0 aromatic carbocycles. The van der Waals surface area contributed by atoms with Crippen LogP contribution in [0.1, 0.15) is 19.8 Å². The van der Waals surface area contributed by atoms with E-state index in [2.05, 4.69) is 33.1 Å². The van der Waals surface area contributed by atoms with E-state index in [1.54, 1.807) is 17.0 Å². The predicted molar refractivity (Wildman–Crippen MR) is 73.6 cm³/mol. The van der Waals surface area contributed by atoms with Crippen molar-refractivity contribution in [2.45, 2.75) is 31.8 Å². The molecule has 1 N–H and O–H groups in total. The number of piperidine rings is 3. The normalized spacial score (nSPS) is 34.6. The molecule has 4 nitrogen and oxygen atoms in total. The number of carbonyl (C=O) groups excluding carboxylic acids is 1. The van der Waals surface area contributed by atoms with Gasteiger partial charge in [-0.15, -0.1) is 0 Å². The SMILES string of the molecule is C[C@@H]1[C@H](NC(=O)n2ccc(Br)c2)C2CCN1CC2. The summed E-state index contributed by atoms with van der Waals surface area (Å²) < 4.78 is 2.54. The largest absolute Gasteiger partial charge is 0.333 e. The van der Waals surface area contributed by atoms with Gasteiger partial charge in [-0.05, 0) is 60.8 Å². The molecule has 3 saturated heterocycles. The maximum absolute atomic E-state index is 12.2. The summed E-state index contributed by atoms with van der Waals surface area (Å²) >= 11 is 3.36. The molecule has 4 heterocycles. The summed E-state index contributed by atoms with van der Waals surface area (Å²) in [6, 6.07) is 2.60. The van der Waals surface area contributed by atoms with Gasteiger partial charge in [0, 0.05) is 29.0 Å². The number of nitrogens with one attached hydrogen (secondary N) is 1. The number of halogens is 1. The topological polar surface area (TPSA) is 37.3 Å². The zero-order chi connectivity index (χ0) is 12.7. The van der Waals surface area contributed by atoms with Crippen LogP contribution in [-0.4, -0.2) is 40.7 Å². The van der Waals surface area contributed by atoms with Gasteiger partial charge in [0.05, 0.1) is 0 Å². The summed E-state index contributed by atoms with van der Waals surface area (Å²) in [6.07, 6.45) is 6.00. The third-order valence-electron chi connectivity index (χ3n) is 4.36. The standard InChI is InChI=1S/C13H18BrN3O/c1-9-12(10-2-5-16(9)6-3-10)15-13(18)17-7-4-11(14)8-17/h4,7-10,12H,2-3,5-6H2,1H3,(H,15,18)/t9-,12+/m1/s1. The minimum atomic E-state index is -0.0219. The van der Waals surface area contributed by atoms with Crippen LogP contribution in [0.3, 0.4) is 0 Å². The Balaban J connectivity index is 1.71. The van der Waals surface area contributed by atoms with E-state index in [-0.39, 0.29) is 6.03 Å². The van der Waals surface area contributed by atoms with E-state index in [1.807, 2.05) is 6.07 Å². The molecule has 4 rings (SSSR count). The second-order valence-corrected chi connectivity index (χ2v) is 6.24. The van der Waals surface area contributed by atoms with Crippen molar-refractivity contribution >= 4 is 22.0 Å². The monoisotopic (exact) mass is 311 g/mol. The maximum atomic E-state index is 12.2. The number of nitrogens with zero attached hydrogens (tertiary/aromatic N) is 2. The second-order valence-electron chi connectivity index (χ2n) is 5.33. The number of fused-ring (bicyclic) bond motifs is 3. The van der Waals surface area contributed by atoms with Gasteiger partial charge < -0.3 is 5.32 Å². The summed E-state index contributed by atoms with van der Waals surface area (Å²) in [5, 5.41) is 3.19. The van der Waals surface area contributed by atoms with Gasteiger partial charge >= 0.3 is 6.03 Å². The van der Waals surface area contributed by atoms with Crippen LogP contribution >= 0.6 is 15.9 Å². The van der Waals surface area contributed by atoms with Gasteiger partial charge in [-0.3, -0.25) is 9.47 Å². The molecule has 3 fully saturated rings. The van der Waals surface area contributed by atoms with Crippen LogP contribution < -0.4 is 5.32 Å². The van der Waals surface area contributed by atoms with E-state index in [0.717, 1.165) is 4.47 Å². The van der Waals surface area contributed by atoms with Gasteiger partial charge in [0.15, 0.2) is 0 Å². The lowest BCUT2D eigenvalue weighted by molar-refractivity contribution is 0.0267. The van der Waals surface area contributed by atoms with Crippen molar-refractivity contribution < 1.29 is 4.79 Å². The fourth-order valence-electron chi connectivity index (χ4n) is 3.26. The molecule has 0 aliphatic carbocycles. The number of amides is 1. The van der Waals surface area contributed by atoms with Gasteiger partial charge in [0.25, 0.3) is 0 Å². The predicted octanol–water partition coefficient (Wildman–Crippen LogP) is 2.29. The van der Waals surface area contributed by atoms with Crippen molar-refractivity contribution in [1.29, 1.82) is 0 Å². The lowest BCUT2D eigenvalue weighted by Gasteiger charge is -2.49. The van der Waals surface area contributed by atoms with E-state index >= 15 is 0 Å². The molecule has 3 aliphatic rings. The third-order valence-corrected chi connectivity index (χ3v) is 4.83. The first kappa shape index (κ1) is 12.2. The third kappa shape index (κ3) is 2.10. The van der Waals surface area contributed by atoms with E-state index in [0.29, 0.717) is 18.0 Å². The quantitative estimate of drug-likeness (QED) is 0.864. The van der Waals surface area contributed by atoms with E-state index in [9.17, 15) is 4.79 Å². The minimum Gasteiger partial charge on any atom is -0.333 e. The Bertz CT molecular complexity index is 449. The van der Waals surface area contributed by atoms with Gasteiger partial charge in [-0.1, -0.05) is 0 Å². The smallest absolute Gasteiger partial charge is 0.325 e. The highest BCUT2D eigenvalue weighted by Crippen LogP contribution is 2.32. The summed E-state index contributed by atoms with van der Waals surface area (Å²) in [4.78, 5) is 14.6. The van der Waals surface area contributed by atoms with Crippen LogP contribution in [-0.2, 0) is 0 Å². The lowest BCUT2D eigenvalue weighted by Crippen LogP contribution is -2.62. The van der Waals surface area contributed by atoms with Crippen molar-refractivity contribution in [3.63, 3.8) is 0 Å². The molecule has 18 heavy (non-hydrogen) atoms. The minimum absolute atomic E-state index is 0.0219. The molecule has 0 unspecified atom stereocenters. The van der Waals surface area contributed by atoms with Crippen molar-refractivity contribution in [2.75, 3.05) is 13.1 Å². The molecule has 0 radical (unpaired) electrons. The molecule has 1 aromatic heterocycles. The summed E-state index contributed by atoms with van der Waals surface area (Å²) in [6.45, 7) is 4.60. The molecule has 2 atom stereocenters. The Morgan fingerprint density at radius 2 is 2.17 bits per heavy atom. The average molecular weight is 312 g/mol. The van der Waals surface area contributed by atoms with Gasteiger partial charge in [-0.2, -0.15) is 0 Å². The number of rotatable bonds is 1. The van der Waals surface area contributed by atoms with Crippen LogP contribution in [0.5, 0.6) is 0 Å². The van der Waals surface area contributed by atoms with E-state index in [4.69, 9.17) is 0 Å². The summed E-state index contributed by atoms with van der Waals surface area (Å²) in [5.74, 6) is 0.646. The van der Waals surface area contributed by atoms with Gasteiger partial charge in [0.2, 0.25) is 0 Å². The molecule has 5 heteroatoms. The molecule has 1 amide bonds. The van der Waals surface area contributed by atoms with E-state index in [1.165, 1.54) is 25.9 Å². The molecule has 2 bridgehead atoms. The van der Waals surface area contributed by atoms with E-state index < -0.39 is 0 Å². The Morgan fingerprint density at radius 1 is 1.44 bits per heavy atom. The maximum Gasteiger partial charge on any atom is 0.325 e. The zero-order valence-electron chi connectivity index (χ0n) is 10.5. The van der Waals surface area contributed by atoms with Gasteiger partial charge in [-0.25, -0.2) is 4.79 Å². The van der Waals surface area contributed by atoms with Crippen molar-refractivity contribution in [1.82, 2.24) is 14.8 Å². The van der Waals surface area contributed by atoms with Crippen LogP contribution in [0.15, 0.2) is 22.9 Å². The molecular weight excluding hydrogens is 294 g/mol. The first-order valence-corrected chi connectivity index (χ1v) is 7.33. The molecule has 0 saturated carbocycles. The van der Waals surface area contributed by atoms with Crippen LogP contribution in [0.4, 0.5) is 4.79 Å². The molecule has 98 valence electrons. The Labute approximate surface area is 115 Å². The molecule has 3 aliphatic heterocycles. The lowest BCUT2D eigenvalue weighted by atomic mass is 9.79. The molecule has 0 spiro atoms. The zero-order valence-corrected chi connectivity index (χ0v) is 12.1. The van der Waals surface area contributed by atoms with Crippen LogP contribution in [0, 0.1) is 5.92 Å². The van der Waals surface area contributed by atoms with Crippen LogP contribution in [0.2, 0.25) is 0 Å². The highest BCUT2D eigenvalue weighted by atomic mass is 79.9. The Morgan fingerprint density at radius 3 is 2.72 bits per heavy atom. The second kappa shape index (κ2) is 4.70. The summed E-state index contributed by atoms with van der Waals surface area (Å²) in [5.41, 5.74) is 0. The number of carbonyl (C=O) groups is 1. The fraction of sp³-hybridized carbons (Fsp3) is 0.615. The number of hydrogen-bond donors (Lipinski definition) is 1. The van der Waals surface area contributed by atoms with Crippen molar-refractivity contribution in [2.24, 2.45) is 5.92 Å². The molecule has 1 aromatic rings.